The number of hydrogen-bond donors (Lipinski definition) is 4. The number of hydrogen-bond acceptors (Lipinski definition) is 11. The Kier molecular flexibility index (Phi) is 33.0. The average Bonchev–Trinajstić information content (AvgIpc) is 3.21. The fraction of sp³-hybridized carbons (Fsp3) is 0.617. The molecule has 1 heterocycles. The molecule has 0 bridgehead atoms. The average molecular weight is 863 g/mol. The molecule has 0 aliphatic carbocycles. The molecular weight excluding hydrogens is 789 g/mol. The highest BCUT2D eigenvalue weighted by Crippen LogP contribution is 2.24. The predicted molar refractivity (Wildman–Crippen MR) is 237 cm³/mol. The number of allylic oxidation sites excluding steroid dienone is 16. The summed E-state index contributed by atoms with van der Waals surface area (Å²) in [6.45, 7) is 3.48. The van der Waals surface area contributed by atoms with Gasteiger partial charge in [-0.15, -0.1) is 0 Å². The van der Waals surface area contributed by atoms with Gasteiger partial charge in [0.05, 0.1) is 6.61 Å². The molecule has 0 radical (unpaired) electrons. The first-order chi connectivity index (χ1) is 29.0. The summed E-state index contributed by atoms with van der Waals surface area (Å²) >= 11 is 0. The molecule has 0 spiro atoms. The van der Waals surface area contributed by atoms with Gasteiger partial charge in [0.15, 0.2) is 12.4 Å². The Morgan fingerprint density at radius 2 is 1.08 bits per heavy atom. The number of unbranched alkanes of at least 4 members (excludes halogenated alkanes) is 6. The lowest BCUT2D eigenvalue weighted by molar-refractivity contribution is -0.297. The molecule has 6 atom stereocenters. The molecule has 60 heavy (non-hydrogen) atoms. The van der Waals surface area contributed by atoms with Gasteiger partial charge in [-0.1, -0.05) is 137 Å². The Balaban J connectivity index is 2.54. The third-order valence-corrected chi connectivity index (χ3v) is 9.89. The van der Waals surface area contributed by atoms with Crippen LogP contribution in [0.15, 0.2) is 97.2 Å². The van der Waals surface area contributed by atoms with E-state index in [4.69, 9.17) is 18.9 Å². The van der Waals surface area contributed by atoms with E-state index in [0.717, 1.165) is 83.5 Å². The molecule has 0 aromatic carbocycles. The molecule has 4 N–H and O–H groups in total. The lowest BCUT2D eigenvalue weighted by atomic mass is 10.00. The van der Waals surface area contributed by atoms with E-state index >= 15 is 0 Å². The third kappa shape index (κ3) is 30.6. The van der Waals surface area contributed by atoms with E-state index in [1.165, 1.54) is 0 Å². The molecule has 1 fully saturated rings. The molecular formula is C47H74O12S. The van der Waals surface area contributed by atoms with Gasteiger partial charge in [-0.3, -0.25) is 14.1 Å². The molecule has 12 nitrogen and oxygen atoms in total. The number of carbonyl (C=O) groups is 2. The minimum atomic E-state index is -4.62. The normalized spacial score (nSPS) is 21.1. The van der Waals surface area contributed by atoms with E-state index in [9.17, 15) is 37.9 Å². The number of rotatable bonds is 34. The zero-order chi connectivity index (χ0) is 44.1. The summed E-state index contributed by atoms with van der Waals surface area (Å²) in [4.78, 5) is 25.3. The Morgan fingerprint density at radius 1 is 0.583 bits per heavy atom. The lowest BCUT2D eigenvalue weighted by Crippen LogP contribution is -2.60. The highest BCUT2D eigenvalue weighted by molar-refractivity contribution is 7.85. The first kappa shape index (κ1) is 54.6. The van der Waals surface area contributed by atoms with Crippen molar-refractivity contribution in [2.24, 2.45) is 0 Å². The minimum Gasteiger partial charge on any atom is -0.462 e. The molecule has 0 saturated carbocycles. The Labute approximate surface area is 360 Å². The van der Waals surface area contributed by atoms with E-state index in [0.29, 0.717) is 19.3 Å². The molecule has 0 aromatic heterocycles. The van der Waals surface area contributed by atoms with Crippen molar-refractivity contribution in [1.29, 1.82) is 0 Å². The highest BCUT2D eigenvalue weighted by atomic mass is 32.2. The van der Waals surface area contributed by atoms with Gasteiger partial charge in [0, 0.05) is 12.8 Å². The molecule has 1 aliphatic heterocycles. The summed E-state index contributed by atoms with van der Waals surface area (Å²) in [7, 11) is -4.62. The van der Waals surface area contributed by atoms with Crippen LogP contribution in [0.5, 0.6) is 0 Å². The summed E-state index contributed by atoms with van der Waals surface area (Å²) in [5, 5.41) is 30.8. The molecule has 340 valence electrons. The molecule has 0 amide bonds. The van der Waals surface area contributed by atoms with Gasteiger partial charge in [0.2, 0.25) is 0 Å². The maximum absolute atomic E-state index is 12.8. The van der Waals surface area contributed by atoms with Crippen molar-refractivity contribution < 1.29 is 56.8 Å². The van der Waals surface area contributed by atoms with E-state index in [-0.39, 0.29) is 19.4 Å². The van der Waals surface area contributed by atoms with Gasteiger partial charge in [-0.2, -0.15) is 8.42 Å². The van der Waals surface area contributed by atoms with Gasteiger partial charge < -0.3 is 34.3 Å². The van der Waals surface area contributed by atoms with Gasteiger partial charge in [-0.25, -0.2) is 0 Å². The van der Waals surface area contributed by atoms with Crippen molar-refractivity contribution in [3.05, 3.63) is 97.2 Å². The second-order valence-electron chi connectivity index (χ2n) is 14.6. The van der Waals surface area contributed by atoms with Crippen LogP contribution in [-0.2, 0) is 38.7 Å². The monoisotopic (exact) mass is 862 g/mol. The van der Waals surface area contributed by atoms with Gasteiger partial charge in [0.25, 0.3) is 10.1 Å². The maximum Gasteiger partial charge on any atom is 0.306 e. The van der Waals surface area contributed by atoms with Crippen molar-refractivity contribution in [3.63, 3.8) is 0 Å². The number of carbonyl (C=O) groups excluding carboxylic acids is 2. The third-order valence-electron chi connectivity index (χ3n) is 9.14. The molecule has 1 saturated heterocycles. The smallest absolute Gasteiger partial charge is 0.306 e. The molecule has 13 heteroatoms. The van der Waals surface area contributed by atoms with Gasteiger partial charge >= 0.3 is 11.9 Å². The Bertz CT molecular complexity index is 1480. The van der Waals surface area contributed by atoms with Crippen LogP contribution in [-0.4, -0.2) is 96.0 Å². The zero-order valence-corrected chi connectivity index (χ0v) is 36.8. The van der Waals surface area contributed by atoms with Crippen molar-refractivity contribution in [2.75, 3.05) is 19.0 Å². The fourth-order valence-corrected chi connectivity index (χ4v) is 6.49. The van der Waals surface area contributed by atoms with Crippen LogP contribution < -0.4 is 0 Å². The van der Waals surface area contributed by atoms with Crippen molar-refractivity contribution in [1.82, 2.24) is 0 Å². The quantitative estimate of drug-likeness (QED) is 0.0209. The number of aliphatic hydroxyl groups is 3. The fourth-order valence-electron chi connectivity index (χ4n) is 5.80. The standard InChI is InChI=1S/C47H74O12S/c1-3-5-7-9-11-13-15-17-18-19-20-21-22-24-26-28-30-32-34-36-43(49)58-40(38-57-47-46(52)45(51)44(50)41(59-47)39-60(53,54)55)37-56-42(48)35-33-31-29-27-25-23-16-14-12-10-8-6-4-2/h5,7-8,10-11,13-14,16-18,20-21,24,26,30,32,40-41,44-47,50-52H,3-4,6,9,12,15,19,22-23,25,27-29,31,33-39H2,1-2H3,(H,53,54,55)/b7-5-,10-8-,13-11-,16-14-,18-17-,21-20-,26-24-,32-30-. The Hall–Kier alpha value is -3.43. The summed E-state index contributed by atoms with van der Waals surface area (Å²) in [6, 6.07) is 0. The SMILES string of the molecule is CC/C=C\C/C=C\C/C=C\C/C=C\C/C=C\C/C=C\CCC(=O)OC(COC(=O)CCCCCCC/C=C\C/C=C\CCC)COC1OC(CS(=O)(=O)O)C(O)C(O)C1O. The Morgan fingerprint density at radius 3 is 1.63 bits per heavy atom. The van der Waals surface area contributed by atoms with E-state index in [1.807, 2.05) is 18.2 Å². The minimum absolute atomic E-state index is 0.0301. The molecule has 6 unspecified atom stereocenters. The van der Waals surface area contributed by atoms with Crippen LogP contribution in [0.25, 0.3) is 0 Å². The predicted octanol–water partition coefficient (Wildman–Crippen LogP) is 8.66. The summed E-state index contributed by atoms with van der Waals surface area (Å²) in [5.41, 5.74) is 0. The summed E-state index contributed by atoms with van der Waals surface area (Å²) < 4.78 is 53.9. The first-order valence-corrected chi connectivity index (χ1v) is 23.4. The van der Waals surface area contributed by atoms with Crippen molar-refractivity contribution in [2.45, 2.75) is 166 Å². The second-order valence-corrected chi connectivity index (χ2v) is 16.1. The van der Waals surface area contributed by atoms with Crippen LogP contribution in [0.2, 0.25) is 0 Å². The number of ether oxygens (including phenoxy) is 4. The van der Waals surface area contributed by atoms with Crippen molar-refractivity contribution >= 4 is 22.1 Å². The first-order valence-electron chi connectivity index (χ1n) is 21.8. The molecule has 1 aliphatic rings. The largest absolute Gasteiger partial charge is 0.462 e. The summed E-state index contributed by atoms with van der Waals surface area (Å²) in [6.07, 6.45) is 39.0. The maximum atomic E-state index is 12.8. The number of esters is 2. The zero-order valence-electron chi connectivity index (χ0n) is 36.0. The van der Waals surface area contributed by atoms with Crippen LogP contribution in [0, 0.1) is 0 Å². The van der Waals surface area contributed by atoms with Gasteiger partial charge in [0.1, 0.15) is 36.8 Å². The topological polar surface area (TPSA) is 186 Å². The van der Waals surface area contributed by atoms with Crippen LogP contribution in [0.4, 0.5) is 0 Å². The second kappa shape index (κ2) is 36.2. The van der Waals surface area contributed by atoms with E-state index in [1.54, 1.807) is 0 Å². The molecule has 1 rings (SSSR count). The number of aliphatic hydroxyl groups excluding tert-OH is 3. The van der Waals surface area contributed by atoms with Crippen LogP contribution in [0.1, 0.15) is 129 Å². The van der Waals surface area contributed by atoms with E-state index < -0.39 is 71.2 Å². The van der Waals surface area contributed by atoms with Crippen LogP contribution in [0.3, 0.4) is 0 Å². The lowest BCUT2D eigenvalue weighted by Gasteiger charge is -2.40. The van der Waals surface area contributed by atoms with Gasteiger partial charge in [-0.05, 0) is 77.0 Å². The van der Waals surface area contributed by atoms with Crippen LogP contribution >= 0.6 is 0 Å². The molecule has 0 aromatic rings. The highest BCUT2D eigenvalue weighted by Gasteiger charge is 2.46. The van der Waals surface area contributed by atoms with E-state index in [2.05, 4.69) is 92.8 Å². The van der Waals surface area contributed by atoms with Crippen molar-refractivity contribution in [3.8, 4) is 0 Å². The summed E-state index contributed by atoms with van der Waals surface area (Å²) in [5.74, 6) is -2.13.